The lowest BCUT2D eigenvalue weighted by Crippen LogP contribution is -2.47. The van der Waals surface area contributed by atoms with Gasteiger partial charge in [0.2, 0.25) is 0 Å². The van der Waals surface area contributed by atoms with Gasteiger partial charge in [-0.15, -0.1) is 6.58 Å². The molecule has 1 aliphatic carbocycles. The molecule has 0 unspecified atom stereocenters. The molecule has 0 aliphatic heterocycles. The predicted molar refractivity (Wildman–Crippen MR) is 54.6 cm³/mol. The van der Waals surface area contributed by atoms with Gasteiger partial charge in [-0.3, -0.25) is 0 Å². The number of ether oxygens (including phenoxy) is 1. The molecule has 2 atom stereocenters. The van der Waals surface area contributed by atoms with Crippen LogP contribution in [0.2, 0.25) is 0 Å². The quantitative estimate of drug-likeness (QED) is 0.520. The van der Waals surface area contributed by atoms with Gasteiger partial charge in [0.05, 0.1) is 5.66 Å². The van der Waals surface area contributed by atoms with Crippen LogP contribution in [0.3, 0.4) is 0 Å². The SMILES string of the molecule is C=C[C@@H]1C[C@@]1(N)NC(=O)OC(C)(C)C. The van der Waals surface area contributed by atoms with Crippen molar-refractivity contribution in [1.82, 2.24) is 5.32 Å². The Balaban J connectivity index is 2.39. The first-order valence-corrected chi connectivity index (χ1v) is 4.69. The number of rotatable bonds is 2. The normalized spacial score (nSPS) is 30.7. The number of alkyl carbamates (subject to hydrolysis) is 1. The third kappa shape index (κ3) is 2.73. The number of hydrogen-bond acceptors (Lipinski definition) is 3. The second kappa shape index (κ2) is 3.28. The molecular formula is C10H18N2O2. The fraction of sp³-hybridized carbons (Fsp3) is 0.700. The topological polar surface area (TPSA) is 64.3 Å². The average Bonchev–Trinajstić information content (AvgIpc) is 2.56. The van der Waals surface area contributed by atoms with E-state index in [4.69, 9.17) is 10.5 Å². The highest BCUT2D eigenvalue weighted by molar-refractivity contribution is 5.69. The summed E-state index contributed by atoms with van der Waals surface area (Å²) in [5.41, 5.74) is 4.72. The van der Waals surface area contributed by atoms with E-state index in [1.807, 2.05) is 20.8 Å². The van der Waals surface area contributed by atoms with Gasteiger partial charge in [-0.2, -0.15) is 0 Å². The Morgan fingerprint density at radius 1 is 1.71 bits per heavy atom. The van der Waals surface area contributed by atoms with Gasteiger partial charge in [-0.25, -0.2) is 4.79 Å². The number of carbonyl (C=O) groups excluding carboxylic acids is 1. The van der Waals surface area contributed by atoms with Gasteiger partial charge >= 0.3 is 6.09 Å². The first kappa shape index (κ1) is 11.0. The zero-order valence-electron chi connectivity index (χ0n) is 8.96. The van der Waals surface area contributed by atoms with Crippen LogP contribution in [0.1, 0.15) is 27.2 Å². The number of nitrogens with one attached hydrogen (secondary N) is 1. The first-order chi connectivity index (χ1) is 6.27. The van der Waals surface area contributed by atoms with E-state index in [2.05, 4.69) is 11.9 Å². The molecular weight excluding hydrogens is 180 g/mol. The second-order valence-electron chi connectivity index (χ2n) is 4.71. The minimum Gasteiger partial charge on any atom is -0.444 e. The van der Waals surface area contributed by atoms with Crippen molar-refractivity contribution in [3.8, 4) is 0 Å². The Morgan fingerprint density at radius 3 is 2.64 bits per heavy atom. The molecule has 0 aromatic carbocycles. The molecule has 3 N–H and O–H groups in total. The van der Waals surface area contributed by atoms with Crippen LogP contribution in [0.4, 0.5) is 4.79 Å². The highest BCUT2D eigenvalue weighted by Crippen LogP contribution is 2.39. The van der Waals surface area contributed by atoms with Crippen molar-refractivity contribution in [1.29, 1.82) is 0 Å². The summed E-state index contributed by atoms with van der Waals surface area (Å²) < 4.78 is 5.08. The van der Waals surface area contributed by atoms with Crippen molar-refractivity contribution in [2.45, 2.75) is 38.5 Å². The molecule has 1 aliphatic rings. The van der Waals surface area contributed by atoms with Gasteiger partial charge < -0.3 is 15.8 Å². The maximum absolute atomic E-state index is 11.3. The van der Waals surface area contributed by atoms with Gasteiger partial charge in [0.15, 0.2) is 0 Å². The van der Waals surface area contributed by atoms with Gasteiger partial charge in [-0.05, 0) is 27.2 Å². The van der Waals surface area contributed by atoms with Crippen molar-refractivity contribution in [2.24, 2.45) is 11.7 Å². The molecule has 14 heavy (non-hydrogen) atoms. The fourth-order valence-corrected chi connectivity index (χ4v) is 1.24. The molecule has 1 fully saturated rings. The van der Waals surface area contributed by atoms with E-state index in [0.717, 1.165) is 6.42 Å². The predicted octanol–water partition coefficient (Wildman–Crippen LogP) is 1.37. The summed E-state index contributed by atoms with van der Waals surface area (Å²) in [7, 11) is 0. The van der Waals surface area contributed by atoms with Crippen LogP contribution in [0, 0.1) is 5.92 Å². The lowest BCUT2D eigenvalue weighted by atomic mass is 10.2. The lowest BCUT2D eigenvalue weighted by molar-refractivity contribution is 0.0495. The zero-order valence-corrected chi connectivity index (χ0v) is 8.96. The van der Waals surface area contributed by atoms with Gasteiger partial charge in [0.1, 0.15) is 5.60 Å². The summed E-state index contributed by atoms with van der Waals surface area (Å²) in [6.45, 7) is 9.07. The van der Waals surface area contributed by atoms with Crippen LogP contribution in [0.25, 0.3) is 0 Å². The van der Waals surface area contributed by atoms with Crippen LogP contribution in [-0.4, -0.2) is 17.4 Å². The zero-order chi connectivity index (χ0) is 11.0. The molecule has 4 heteroatoms. The summed E-state index contributed by atoms with van der Waals surface area (Å²) >= 11 is 0. The molecule has 0 saturated heterocycles. The number of carbonyl (C=O) groups is 1. The smallest absolute Gasteiger partial charge is 0.409 e. The maximum Gasteiger partial charge on any atom is 0.409 e. The minimum atomic E-state index is -0.635. The summed E-state index contributed by atoms with van der Waals surface area (Å²) in [6.07, 6.45) is 2.01. The van der Waals surface area contributed by atoms with Crippen LogP contribution in [0.15, 0.2) is 12.7 Å². The van der Waals surface area contributed by atoms with E-state index < -0.39 is 17.4 Å². The Labute approximate surface area is 84.5 Å². The van der Waals surface area contributed by atoms with E-state index in [1.165, 1.54) is 0 Å². The number of hydrogen-bond donors (Lipinski definition) is 2. The monoisotopic (exact) mass is 198 g/mol. The fourth-order valence-electron chi connectivity index (χ4n) is 1.24. The summed E-state index contributed by atoms with van der Waals surface area (Å²) in [6, 6.07) is 0. The van der Waals surface area contributed by atoms with Gasteiger partial charge in [-0.1, -0.05) is 6.08 Å². The second-order valence-corrected chi connectivity index (χ2v) is 4.71. The van der Waals surface area contributed by atoms with Crippen molar-refractivity contribution >= 4 is 6.09 Å². The molecule has 0 heterocycles. The molecule has 0 aromatic rings. The van der Waals surface area contributed by atoms with E-state index in [1.54, 1.807) is 6.08 Å². The molecule has 1 saturated carbocycles. The van der Waals surface area contributed by atoms with E-state index in [-0.39, 0.29) is 5.92 Å². The summed E-state index contributed by atoms with van der Waals surface area (Å²) in [5.74, 6) is 0.162. The van der Waals surface area contributed by atoms with Crippen molar-refractivity contribution < 1.29 is 9.53 Å². The van der Waals surface area contributed by atoms with Crippen LogP contribution < -0.4 is 11.1 Å². The van der Waals surface area contributed by atoms with Crippen LogP contribution >= 0.6 is 0 Å². The van der Waals surface area contributed by atoms with Crippen molar-refractivity contribution in [3.63, 3.8) is 0 Å². The summed E-state index contributed by atoms with van der Waals surface area (Å²) in [5, 5.41) is 2.63. The van der Waals surface area contributed by atoms with Crippen LogP contribution in [-0.2, 0) is 4.74 Å². The molecule has 0 aromatic heterocycles. The average molecular weight is 198 g/mol. The molecule has 0 radical (unpaired) electrons. The highest BCUT2D eigenvalue weighted by atomic mass is 16.6. The molecule has 4 nitrogen and oxygen atoms in total. The number of amides is 1. The molecule has 0 bridgehead atoms. The third-order valence-corrected chi connectivity index (χ3v) is 2.08. The standard InChI is InChI=1S/C10H18N2O2/c1-5-7-6-10(7,11)12-8(13)14-9(2,3)4/h5,7H,1,6,11H2,2-4H3,(H,12,13)/t7-,10-/m1/s1. The largest absolute Gasteiger partial charge is 0.444 e. The Morgan fingerprint density at radius 2 is 2.29 bits per heavy atom. The Kier molecular flexibility index (Phi) is 2.58. The van der Waals surface area contributed by atoms with Crippen LogP contribution in [0.5, 0.6) is 0 Å². The van der Waals surface area contributed by atoms with Crippen molar-refractivity contribution in [3.05, 3.63) is 12.7 Å². The lowest BCUT2D eigenvalue weighted by Gasteiger charge is -2.22. The highest BCUT2D eigenvalue weighted by Gasteiger charge is 2.51. The van der Waals surface area contributed by atoms with E-state index in [9.17, 15) is 4.79 Å². The first-order valence-electron chi connectivity index (χ1n) is 4.69. The molecule has 1 amide bonds. The van der Waals surface area contributed by atoms with Crippen molar-refractivity contribution in [2.75, 3.05) is 0 Å². The Hall–Kier alpha value is -1.03. The third-order valence-electron chi connectivity index (χ3n) is 2.08. The number of nitrogens with two attached hydrogens (primary N) is 1. The maximum atomic E-state index is 11.3. The molecule has 80 valence electrons. The molecule has 0 spiro atoms. The molecule has 1 rings (SSSR count). The van der Waals surface area contributed by atoms with Gasteiger partial charge in [0.25, 0.3) is 0 Å². The van der Waals surface area contributed by atoms with Gasteiger partial charge in [0, 0.05) is 5.92 Å². The van der Waals surface area contributed by atoms with E-state index >= 15 is 0 Å². The minimum absolute atomic E-state index is 0.162. The Bertz CT molecular complexity index is 257. The summed E-state index contributed by atoms with van der Waals surface area (Å²) in [4.78, 5) is 11.3. The van der Waals surface area contributed by atoms with E-state index in [0.29, 0.717) is 0 Å².